The van der Waals surface area contributed by atoms with Gasteiger partial charge in [0.25, 0.3) is 5.56 Å². The molecule has 0 unspecified atom stereocenters. The summed E-state index contributed by atoms with van der Waals surface area (Å²) in [6, 6.07) is 10.8. The number of carboxylic acids is 1. The van der Waals surface area contributed by atoms with Crippen LogP contribution in [0.25, 0.3) is 0 Å². The molecule has 0 saturated heterocycles. The number of hydrogen-bond acceptors (Lipinski definition) is 2. The quantitative estimate of drug-likeness (QED) is 0.829. The Kier molecular flexibility index (Phi) is 3.09. The third-order valence-electron chi connectivity index (χ3n) is 2.49. The number of carbonyl (C=O) groups is 1. The van der Waals surface area contributed by atoms with E-state index in [0.717, 1.165) is 11.6 Å². The van der Waals surface area contributed by atoms with Gasteiger partial charge < -0.3 is 5.11 Å². The second kappa shape index (κ2) is 4.69. The van der Waals surface area contributed by atoms with Gasteiger partial charge in [0.15, 0.2) is 0 Å². The van der Waals surface area contributed by atoms with E-state index in [-0.39, 0.29) is 11.3 Å². The molecule has 0 radical (unpaired) electrons. The summed E-state index contributed by atoms with van der Waals surface area (Å²) in [5.74, 6) is -1.12. The lowest BCUT2D eigenvalue weighted by Crippen LogP contribution is -2.17. The van der Waals surface area contributed by atoms with Gasteiger partial charge in [0.05, 0.1) is 0 Å². The molecule has 1 aromatic carbocycles. The van der Waals surface area contributed by atoms with Crippen molar-refractivity contribution in [2.45, 2.75) is 13.0 Å². The molecule has 0 spiro atoms. The van der Waals surface area contributed by atoms with Gasteiger partial charge in [-0.3, -0.25) is 14.6 Å². The van der Waals surface area contributed by atoms with Crippen molar-refractivity contribution in [2.75, 3.05) is 0 Å². The number of aromatic nitrogens is 2. The predicted octanol–water partition coefficient (Wildman–Crippen LogP) is 1.12. The van der Waals surface area contributed by atoms with Crippen LogP contribution < -0.4 is 5.56 Å². The molecule has 1 heterocycles. The maximum absolute atomic E-state index is 11.4. The van der Waals surface area contributed by atoms with Gasteiger partial charge in [-0.1, -0.05) is 30.3 Å². The Morgan fingerprint density at radius 1 is 1.29 bits per heavy atom. The number of rotatable bonds is 4. The summed E-state index contributed by atoms with van der Waals surface area (Å²) in [7, 11) is 0. The molecule has 5 nitrogen and oxygen atoms in total. The minimum atomic E-state index is -1.12. The van der Waals surface area contributed by atoms with Crippen molar-refractivity contribution in [1.29, 1.82) is 0 Å². The molecular formula is C12H12N2O3. The average Bonchev–Trinajstić information content (AvgIpc) is 2.70. The number of nitrogens with zero attached hydrogens (tertiary/aromatic N) is 1. The van der Waals surface area contributed by atoms with E-state index in [2.05, 4.69) is 5.10 Å². The molecule has 0 aliphatic heterocycles. The second-order valence-electron chi connectivity index (χ2n) is 3.70. The molecule has 0 fully saturated rings. The molecule has 2 N–H and O–H groups in total. The molecule has 2 aromatic rings. The summed E-state index contributed by atoms with van der Waals surface area (Å²) >= 11 is 0. The topological polar surface area (TPSA) is 75.1 Å². The van der Waals surface area contributed by atoms with Crippen molar-refractivity contribution in [3.8, 4) is 0 Å². The van der Waals surface area contributed by atoms with Crippen LogP contribution in [0.2, 0.25) is 0 Å². The van der Waals surface area contributed by atoms with Gasteiger partial charge >= 0.3 is 5.97 Å². The molecule has 0 aliphatic rings. The first kappa shape index (κ1) is 11.2. The molecular weight excluding hydrogens is 220 g/mol. The third kappa shape index (κ3) is 2.63. The molecule has 0 atom stereocenters. The molecule has 0 bridgehead atoms. The van der Waals surface area contributed by atoms with Crippen molar-refractivity contribution in [3.05, 3.63) is 58.0 Å². The van der Waals surface area contributed by atoms with Crippen LogP contribution in [0.4, 0.5) is 0 Å². The normalized spacial score (nSPS) is 10.4. The summed E-state index contributed by atoms with van der Waals surface area (Å²) in [5, 5.41) is 11.3. The van der Waals surface area contributed by atoms with E-state index < -0.39 is 5.97 Å². The SMILES string of the molecule is O=C(O)c1cc(=O)n(CCc2ccccc2)[nH]1. The van der Waals surface area contributed by atoms with Crippen LogP contribution in [0.15, 0.2) is 41.2 Å². The van der Waals surface area contributed by atoms with Crippen molar-refractivity contribution < 1.29 is 9.90 Å². The molecule has 2 rings (SSSR count). The second-order valence-corrected chi connectivity index (χ2v) is 3.70. The summed E-state index contributed by atoms with van der Waals surface area (Å²) in [4.78, 5) is 22.1. The lowest BCUT2D eigenvalue weighted by Gasteiger charge is -2.01. The highest BCUT2D eigenvalue weighted by atomic mass is 16.4. The smallest absolute Gasteiger partial charge is 0.353 e. The van der Waals surface area contributed by atoms with Crippen LogP contribution in [0.5, 0.6) is 0 Å². The van der Waals surface area contributed by atoms with Crippen LogP contribution in [-0.4, -0.2) is 20.9 Å². The van der Waals surface area contributed by atoms with Crippen LogP contribution >= 0.6 is 0 Å². The zero-order chi connectivity index (χ0) is 12.3. The van der Waals surface area contributed by atoms with Crippen LogP contribution in [0, 0.1) is 0 Å². The number of carboxylic acid groups (broad SMARTS) is 1. The molecule has 0 saturated carbocycles. The number of hydrogen-bond donors (Lipinski definition) is 2. The highest BCUT2D eigenvalue weighted by Gasteiger charge is 2.08. The van der Waals surface area contributed by atoms with Gasteiger partial charge in [-0.15, -0.1) is 0 Å². The number of H-pyrrole nitrogens is 1. The van der Waals surface area contributed by atoms with Crippen molar-refractivity contribution in [3.63, 3.8) is 0 Å². The number of nitrogens with one attached hydrogen (secondary N) is 1. The number of aromatic carboxylic acids is 1. The van der Waals surface area contributed by atoms with Gasteiger partial charge in [0, 0.05) is 12.6 Å². The van der Waals surface area contributed by atoms with E-state index in [1.807, 2.05) is 30.3 Å². The fraction of sp³-hybridized carbons (Fsp3) is 0.167. The van der Waals surface area contributed by atoms with Crippen molar-refractivity contribution in [2.24, 2.45) is 0 Å². The summed E-state index contributed by atoms with van der Waals surface area (Å²) in [5.41, 5.74) is 0.701. The zero-order valence-corrected chi connectivity index (χ0v) is 9.09. The number of aromatic amines is 1. The highest BCUT2D eigenvalue weighted by molar-refractivity contribution is 5.84. The van der Waals surface area contributed by atoms with E-state index >= 15 is 0 Å². The summed E-state index contributed by atoms with van der Waals surface area (Å²) in [6.45, 7) is 0.441. The Morgan fingerprint density at radius 3 is 2.59 bits per heavy atom. The van der Waals surface area contributed by atoms with E-state index in [1.54, 1.807) is 0 Å². The van der Waals surface area contributed by atoms with E-state index in [1.165, 1.54) is 4.68 Å². The largest absolute Gasteiger partial charge is 0.477 e. The standard InChI is InChI=1S/C12H12N2O3/c15-11-8-10(12(16)17)13-14(11)7-6-9-4-2-1-3-5-9/h1-5,8,13H,6-7H2,(H,16,17). The van der Waals surface area contributed by atoms with Crippen LogP contribution in [-0.2, 0) is 13.0 Å². The highest BCUT2D eigenvalue weighted by Crippen LogP contribution is 2.00. The van der Waals surface area contributed by atoms with Crippen molar-refractivity contribution >= 4 is 5.97 Å². The fourth-order valence-corrected chi connectivity index (χ4v) is 1.60. The Labute approximate surface area is 97.3 Å². The zero-order valence-electron chi connectivity index (χ0n) is 9.09. The maximum Gasteiger partial charge on any atom is 0.353 e. The number of benzene rings is 1. The first-order valence-corrected chi connectivity index (χ1v) is 5.24. The Bertz CT molecular complexity index is 569. The van der Waals surface area contributed by atoms with Gasteiger partial charge in [0.1, 0.15) is 5.69 Å². The summed E-state index contributed by atoms with van der Waals surface area (Å²) in [6.07, 6.45) is 0.681. The van der Waals surface area contributed by atoms with Gasteiger partial charge in [-0.2, -0.15) is 0 Å². The fourth-order valence-electron chi connectivity index (χ4n) is 1.60. The van der Waals surface area contributed by atoms with E-state index in [0.29, 0.717) is 13.0 Å². The maximum atomic E-state index is 11.4. The van der Waals surface area contributed by atoms with Gasteiger partial charge in [-0.05, 0) is 12.0 Å². The summed E-state index contributed by atoms with van der Waals surface area (Å²) < 4.78 is 1.30. The Hall–Kier alpha value is -2.30. The molecule has 0 amide bonds. The molecule has 1 aromatic heterocycles. The third-order valence-corrected chi connectivity index (χ3v) is 2.49. The van der Waals surface area contributed by atoms with Gasteiger partial charge in [-0.25, -0.2) is 4.79 Å². The van der Waals surface area contributed by atoms with Crippen molar-refractivity contribution in [1.82, 2.24) is 9.78 Å². The van der Waals surface area contributed by atoms with E-state index in [4.69, 9.17) is 5.11 Å². The predicted molar refractivity (Wildman–Crippen MR) is 62.2 cm³/mol. The molecule has 5 heteroatoms. The lowest BCUT2D eigenvalue weighted by molar-refractivity contribution is 0.0689. The average molecular weight is 232 g/mol. The molecule has 0 aliphatic carbocycles. The Balaban J connectivity index is 2.09. The number of aryl methyl sites for hydroxylation is 2. The molecule has 17 heavy (non-hydrogen) atoms. The van der Waals surface area contributed by atoms with Gasteiger partial charge in [0.2, 0.25) is 0 Å². The first-order chi connectivity index (χ1) is 8.16. The van der Waals surface area contributed by atoms with E-state index in [9.17, 15) is 9.59 Å². The Morgan fingerprint density at radius 2 is 2.00 bits per heavy atom. The van der Waals surface area contributed by atoms with Crippen LogP contribution in [0.1, 0.15) is 16.1 Å². The lowest BCUT2D eigenvalue weighted by atomic mass is 10.1. The first-order valence-electron chi connectivity index (χ1n) is 5.24. The van der Waals surface area contributed by atoms with Crippen LogP contribution in [0.3, 0.4) is 0 Å². The minimum Gasteiger partial charge on any atom is -0.477 e. The monoisotopic (exact) mass is 232 g/mol. The molecule has 88 valence electrons. The minimum absolute atomic E-state index is 0.0805.